The number of para-hydroxylation sites is 1. The summed E-state index contributed by atoms with van der Waals surface area (Å²) in [6, 6.07) is 22.3. The van der Waals surface area contributed by atoms with Crippen molar-refractivity contribution in [1.82, 2.24) is 14.3 Å². The van der Waals surface area contributed by atoms with E-state index in [4.69, 9.17) is 26.2 Å². The number of carbonyl (C=O) groups excluding carboxylic acids is 1. The zero-order valence-electron chi connectivity index (χ0n) is 24.3. The number of methoxy groups -OCH3 is 2. The molecule has 0 fully saturated rings. The van der Waals surface area contributed by atoms with E-state index >= 15 is 0 Å². The lowest BCUT2D eigenvalue weighted by molar-refractivity contribution is -0.136. The van der Waals surface area contributed by atoms with Crippen LogP contribution in [-0.2, 0) is 9.53 Å². The van der Waals surface area contributed by atoms with Gasteiger partial charge in [-0.05, 0) is 67.3 Å². The lowest BCUT2D eigenvalue weighted by Crippen LogP contribution is -2.39. The highest BCUT2D eigenvalue weighted by Gasteiger charge is 2.33. The summed E-state index contributed by atoms with van der Waals surface area (Å²) in [5, 5.41) is 5.33. The number of ether oxygens (including phenoxy) is 2. The van der Waals surface area contributed by atoms with Crippen molar-refractivity contribution in [3.05, 3.63) is 126 Å². The Labute approximate surface area is 266 Å². The first-order valence-corrected chi connectivity index (χ1v) is 16.0. The van der Waals surface area contributed by atoms with Gasteiger partial charge in [0.15, 0.2) is 4.80 Å². The standard InChI is InChI=1S/C33H27ClN4O4S2/c1-19-28(32(40)42-3)30(20-10-13-24(43-4)14-11-20)38-31(39)27(44-33(38)35-19)17-22-18-37(23-8-6-5-7-9-23)36-29(22)21-12-15-26(41-2)25(34)16-21/h5-18,30H,1-4H3. The van der Waals surface area contributed by atoms with E-state index in [9.17, 15) is 9.59 Å². The maximum Gasteiger partial charge on any atom is 0.338 e. The zero-order chi connectivity index (χ0) is 31.0. The summed E-state index contributed by atoms with van der Waals surface area (Å²) < 4.78 is 14.3. The van der Waals surface area contributed by atoms with Gasteiger partial charge in [-0.3, -0.25) is 9.36 Å². The normalized spacial score (nSPS) is 14.8. The van der Waals surface area contributed by atoms with E-state index in [1.807, 2.05) is 79.2 Å². The van der Waals surface area contributed by atoms with Gasteiger partial charge in [-0.15, -0.1) is 11.8 Å². The first-order valence-electron chi connectivity index (χ1n) is 13.6. The third-order valence-electron chi connectivity index (χ3n) is 7.33. The molecule has 0 saturated carbocycles. The number of allylic oxidation sites excluding steroid dienone is 1. The highest BCUT2D eigenvalue weighted by atomic mass is 35.5. The first-order chi connectivity index (χ1) is 21.3. The number of nitrogens with zero attached hydrogens (tertiary/aromatic N) is 4. The van der Waals surface area contributed by atoms with Crippen LogP contribution in [-0.4, -0.2) is 40.8 Å². The summed E-state index contributed by atoms with van der Waals surface area (Å²) in [7, 11) is 2.90. The van der Waals surface area contributed by atoms with Crippen LogP contribution in [0.1, 0.15) is 24.1 Å². The molecule has 222 valence electrons. The third kappa shape index (κ3) is 5.40. The molecule has 3 heterocycles. The summed E-state index contributed by atoms with van der Waals surface area (Å²) in [4.78, 5) is 33.5. The number of fused-ring (bicyclic) bond motifs is 1. The van der Waals surface area contributed by atoms with E-state index in [1.165, 1.54) is 18.4 Å². The molecule has 0 radical (unpaired) electrons. The first kappa shape index (κ1) is 29.7. The molecule has 0 N–H and O–H groups in total. The summed E-state index contributed by atoms with van der Waals surface area (Å²) in [5.74, 6) is 0.0254. The van der Waals surface area contributed by atoms with Gasteiger partial charge in [-0.2, -0.15) is 5.10 Å². The van der Waals surface area contributed by atoms with E-state index < -0.39 is 12.0 Å². The second-order valence-corrected chi connectivity index (χ2v) is 12.2. The van der Waals surface area contributed by atoms with Crippen LogP contribution in [0.2, 0.25) is 5.02 Å². The minimum atomic E-state index is -0.691. The Balaban J connectivity index is 1.56. The molecule has 5 aromatic rings. The predicted octanol–water partition coefficient (Wildman–Crippen LogP) is 5.64. The molecule has 0 spiro atoms. The maximum absolute atomic E-state index is 14.2. The molecule has 1 aliphatic heterocycles. The summed E-state index contributed by atoms with van der Waals surface area (Å²) in [6.45, 7) is 1.77. The van der Waals surface area contributed by atoms with Crippen LogP contribution in [0.4, 0.5) is 0 Å². The minimum absolute atomic E-state index is 0.271. The van der Waals surface area contributed by atoms with Crippen molar-refractivity contribution >= 4 is 46.7 Å². The van der Waals surface area contributed by atoms with E-state index in [-0.39, 0.29) is 5.56 Å². The van der Waals surface area contributed by atoms with Gasteiger partial charge in [0.1, 0.15) is 11.4 Å². The Kier molecular flexibility index (Phi) is 8.31. The number of hydrogen-bond donors (Lipinski definition) is 0. The van der Waals surface area contributed by atoms with Gasteiger partial charge < -0.3 is 9.47 Å². The highest BCUT2D eigenvalue weighted by Crippen LogP contribution is 2.33. The van der Waals surface area contributed by atoms with Crippen LogP contribution in [0.25, 0.3) is 23.0 Å². The quantitative estimate of drug-likeness (QED) is 0.169. The number of hydrogen-bond acceptors (Lipinski definition) is 8. The number of thioether (sulfide) groups is 1. The summed E-state index contributed by atoms with van der Waals surface area (Å²) in [5.41, 5.74) is 4.33. The fraction of sp³-hybridized carbons (Fsp3) is 0.152. The summed E-state index contributed by atoms with van der Waals surface area (Å²) in [6.07, 6.45) is 5.69. The molecular formula is C33H27ClN4O4S2. The van der Waals surface area contributed by atoms with Crippen molar-refractivity contribution in [3.63, 3.8) is 0 Å². The molecular weight excluding hydrogens is 616 g/mol. The Bertz CT molecular complexity index is 2100. The Morgan fingerprint density at radius 2 is 1.82 bits per heavy atom. The number of thiazole rings is 1. The van der Waals surface area contributed by atoms with Crippen molar-refractivity contribution in [2.75, 3.05) is 20.5 Å². The van der Waals surface area contributed by atoms with Gasteiger partial charge in [-0.25, -0.2) is 14.5 Å². The molecule has 44 heavy (non-hydrogen) atoms. The molecule has 0 saturated heterocycles. The number of esters is 1. The number of aromatic nitrogens is 3. The minimum Gasteiger partial charge on any atom is -0.495 e. The number of carbonyl (C=O) groups is 1. The van der Waals surface area contributed by atoms with Crippen LogP contribution in [0.3, 0.4) is 0 Å². The van der Waals surface area contributed by atoms with Crippen molar-refractivity contribution in [1.29, 1.82) is 0 Å². The molecule has 6 rings (SSSR count). The van der Waals surface area contributed by atoms with Gasteiger partial charge in [0.05, 0.1) is 46.8 Å². The zero-order valence-corrected chi connectivity index (χ0v) is 26.7. The van der Waals surface area contributed by atoms with Crippen molar-refractivity contribution in [3.8, 4) is 22.7 Å². The lowest BCUT2D eigenvalue weighted by atomic mass is 9.96. The van der Waals surface area contributed by atoms with Crippen LogP contribution < -0.4 is 19.6 Å². The smallest absolute Gasteiger partial charge is 0.338 e. The van der Waals surface area contributed by atoms with Crippen LogP contribution in [0, 0.1) is 0 Å². The Morgan fingerprint density at radius 1 is 1.07 bits per heavy atom. The molecule has 8 nitrogen and oxygen atoms in total. The van der Waals surface area contributed by atoms with Gasteiger partial charge in [0.2, 0.25) is 0 Å². The maximum atomic E-state index is 14.2. The Hall–Kier alpha value is -4.38. The van der Waals surface area contributed by atoms with Gasteiger partial charge in [0.25, 0.3) is 5.56 Å². The van der Waals surface area contributed by atoms with E-state index in [1.54, 1.807) is 47.2 Å². The van der Waals surface area contributed by atoms with E-state index in [0.29, 0.717) is 42.6 Å². The molecule has 0 bridgehead atoms. The molecule has 0 aliphatic carbocycles. The third-order valence-corrected chi connectivity index (χ3v) is 9.36. The predicted molar refractivity (Wildman–Crippen MR) is 175 cm³/mol. The largest absolute Gasteiger partial charge is 0.495 e. The number of benzene rings is 3. The number of rotatable bonds is 7. The Morgan fingerprint density at radius 3 is 2.48 bits per heavy atom. The molecule has 0 amide bonds. The molecule has 3 aromatic carbocycles. The molecule has 1 aliphatic rings. The van der Waals surface area contributed by atoms with Crippen molar-refractivity contribution in [2.45, 2.75) is 17.9 Å². The van der Waals surface area contributed by atoms with Crippen LogP contribution in [0.15, 0.2) is 105 Å². The van der Waals surface area contributed by atoms with E-state index in [0.717, 1.165) is 21.7 Å². The van der Waals surface area contributed by atoms with Crippen LogP contribution >= 0.6 is 34.7 Å². The second-order valence-electron chi connectivity index (χ2n) is 9.91. The lowest BCUT2D eigenvalue weighted by Gasteiger charge is -2.24. The summed E-state index contributed by atoms with van der Waals surface area (Å²) >= 11 is 9.37. The molecule has 2 aromatic heterocycles. The average Bonchev–Trinajstić information content (AvgIpc) is 3.61. The van der Waals surface area contributed by atoms with Crippen LogP contribution in [0.5, 0.6) is 5.75 Å². The fourth-order valence-electron chi connectivity index (χ4n) is 5.18. The SMILES string of the molecule is COC(=O)C1=C(C)N=c2sc(=Cc3cn(-c4ccccc4)nc3-c3ccc(OC)c(Cl)c3)c(=O)n2C1c1ccc(SC)cc1. The van der Waals surface area contributed by atoms with Gasteiger partial charge >= 0.3 is 5.97 Å². The molecule has 11 heteroatoms. The fourth-order valence-corrected chi connectivity index (χ4v) is 6.88. The van der Waals surface area contributed by atoms with E-state index in [2.05, 4.69) is 4.99 Å². The molecule has 1 unspecified atom stereocenters. The van der Waals surface area contributed by atoms with Gasteiger partial charge in [0, 0.05) is 22.2 Å². The topological polar surface area (TPSA) is 87.7 Å². The van der Waals surface area contributed by atoms with Gasteiger partial charge in [-0.1, -0.05) is 53.3 Å². The van der Waals surface area contributed by atoms with Crippen molar-refractivity contribution in [2.24, 2.45) is 4.99 Å². The molecule has 1 atom stereocenters. The number of halogens is 1. The monoisotopic (exact) mass is 642 g/mol. The second kappa shape index (κ2) is 12.3. The van der Waals surface area contributed by atoms with Crippen molar-refractivity contribution < 1.29 is 14.3 Å². The average molecular weight is 643 g/mol. The highest BCUT2D eigenvalue weighted by molar-refractivity contribution is 7.98.